The van der Waals surface area contributed by atoms with Gasteiger partial charge in [-0.1, -0.05) is 34.1 Å². The summed E-state index contributed by atoms with van der Waals surface area (Å²) in [6, 6.07) is 8.28. The third-order valence-corrected chi connectivity index (χ3v) is 3.59. The van der Waals surface area contributed by atoms with Gasteiger partial charge in [-0.15, -0.1) is 0 Å². The minimum Gasteiger partial charge on any atom is -0.372 e. The van der Waals surface area contributed by atoms with E-state index in [4.69, 9.17) is 4.74 Å². The highest BCUT2D eigenvalue weighted by atomic mass is 79.9. The molecule has 2 nitrogen and oxygen atoms in total. The third-order valence-electron chi connectivity index (χ3n) is 2.87. The normalized spacial score (nSPS) is 17.4. The molecule has 1 aromatic carbocycles. The highest BCUT2D eigenvalue weighted by Crippen LogP contribution is 2.32. The van der Waals surface area contributed by atoms with Gasteiger partial charge in [0, 0.05) is 11.0 Å². The number of hydrogen-bond donors (Lipinski definition) is 1. The lowest BCUT2D eigenvalue weighted by atomic mass is 10.1. The minimum absolute atomic E-state index is 0.154. The molecule has 0 saturated heterocycles. The summed E-state index contributed by atoms with van der Waals surface area (Å²) in [7, 11) is 1.96. The highest BCUT2D eigenvalue weighted by Gasteiger charge is 2.24. The molecule has 88 valence electrons. The molecular formula is C13H18BrNO. The summed E-state index contributed by atoms with van der Waals surface area (Å²) >= 11 is 3.58. The Morgan fingerprint density at radius 3 is 2.81 bits per heavy atom. The molecule has 1 N–H and O–H groups in total. The molecule has 0 radical (unpaired) electrons. The summed E-state index contributed by atoms with van der Waals surface area (Å²) in [6.45, 7) is 1.75. The van der Waals surface area contributed by atoms with Crippen molar-refractivity contribution in [2.75, 3.05) is 20.2 Å². The van der Waals surface area contributed by atoms with Gasteiger partial charge in [0.05, 0.1) is 12.7 Å². The van der Waals surface area contributed by atoms with Gasteiger partial charge in [0.15, 0.2) is 0 Å². The predicted octanol–water partition coefficient (Wildman–Crippen LogP) is 3.14. The molecule has 1 aliphatic rings. The van der Waals surface area contributed by atoms with E-state index in [0.29, 0.717) is 0 Å². The second-order valence-corrected chi connectivity index (χ2v) is 5.20. The number of nitrogens with one attached hydrogen (secondary N) is 1. The average Bonchev–Trinajstić information content (AvgIpc) is 3.09. The third kappa shape index (κ3) is 3.30. The van der Waals surface area contributed by atoms with Gasteiger partial charge >= 0.3 is 0 Å². The molecule has 1 aromatic rings. The molecule has 0 bridgehead atoms. The second-order valence-electron chi connectivity index (χ2n) is 4.34. The van der Waals surface area contributed by atoms with Gasteiger partial charge < -0.3 is 10.1 Å². The van der Waals surface area contributed by atoms with E-state index in [1.807, 2.05) is 13.1 Å². The first-order valence-corrected chi connectivity index (χ1v) is 6.61. The largest absolute Gasteiger partial charge is 0.372 e. The molecular weight excluding hydrogens is 266 g/mol. The van der Waals surface area contributed by atoms with Crippen LogP contribution in [0.3, 0.4) is 0 Å². The SMILES string of the molecule is CNCC(OCC1CC1)c1ccccc1Br. The molecule has 1 unspecified atom stereocenters. The fraction of sp³-hybridized carbons (Fsp3) is 0.538. The van der Waals surface area contributed by atoms with Gasteiger partial charge in [0.2, 0.25) is 0 Å². The average molecular weight is 284 g/mol. The van der Waals surface area contributed by atoms with Crippen LogP contribution in [0.4, 0.5) is 0 Å². The molecule has 16 heavy (non-hydrogen) atoms. The highest BCUT2D eigenvalue weighted by molar-refractivity contribution is 9.10. The monoisotopic (exact) mass is 283 g/mol. The first kappa shape index (κ1) is 12.1. The summed E-state index contributed by atoms with van der Waals surface area (Å²) in [5.41, 5.74) is 1.23. The molecule has 1 fully saturated rings. The van der Waals surface area contributed by atoms with E-state index in [0.717, 1.165) is 23.5 Å². The topological polar surface area (TPSA) is 21.3 Å². The van der Waals surface area contributed by atoms with E-state index >= 15 is 0 Å². The minimum atomic E-state index is 0.154. The van der Waals surface area contributed by atoms with Crippen molar-refractivity contribution in [2.45, 2.75) is 18.9 Å². The van der Waals surface area contributed by atoms with Crippen molar-refractivity contribution in [2.24, 2.45) is 5.92 Å². The number of ether oxygens (including phenoxy) is 1. The molecule has 0 spiro atoms. The van der Waals surface area contributed by atoms with Crippen molar-refractivity contribution < 1.29 is 4.74 Å². The van der Waals surface area contributed by atoms with Gasteiger partial charge in [-0.3, -0.25) is 0 Å². The molecule has 2 rings (SSSR count). The quantitative estimate of drug-likeness (QED) is 0.866. The maximum atomic E-state index is 5.98. The Balaban J connectivity index is 2.01. The zero-order valence-corrected chi connectivity index (χ0v) is 11.2. The van der Waals surface area contributed by atoms with Gasteiger partial charge in [0.1, 0.15) is 0 Å². The Morgan fingerprint density at radius 1 is 1.44 bits per heavy atom. The number of rotatable bonds is 6. The number of hydrogen-bond acceptors (Lipinski definition) is 2. The Kier molecular flexibility index (Phi) is 4.38. The maximum Gasteiger partial charge on any atom is 0.0960 e. The van der Waals surface area contributed by atoms with E-state index in [1.54, 1.807) is 0 Å². The van der Waals surface area contributed by atoms with Crippen molar-refractivity contribution in [3.8, 4) is 0 Å². The molecule has 0 aliphatic heterocycles. The molecule has 0 amide bonds. The number of benzene rings is 1. The van der Waals surface area contributed by atoms with Crippen LogP contribution in [0, 0.1) is 5.92 Å². The van der Waals surface area contributed by atoms with Gasteiger partial charge in [-0.2, -0.15) is 0 Å². The van der Waals surface area contributed by atoms with E-state index < -0.39 is 0 Å². The van der Waals surface area contributed by atoms with Crippen molar-refractivity contribution >= 4 is 15.9 Å². The summed E-state index contributed by atoms with van der Waals surface area (Å²) in [4.78, 5) is 0. The lowest BCUT2D eigenvalue weighted by Crippen LogP contribution is -2.21. The standard InChI is InChI=1S/C13H18BrNO/c1-15-8-13(16-9-10-6-7-10)11-4-2-3-5-12(11)14/h2-5,10,13,15H,6-9H2,1H3. The van der Waals surface area contributed by atoms with Crippen LogP contribution in [0.1, 0.15) is 24.5 Å². The fourth-order valence-electron chi connectivity index (χ4n) is 1.72. The molecule has 0 aromatic heterocycles. The lowest BCUT2D eigenvalue weighted by Gasteiger charge is -2.19. The molecule has 1 atom stereocenters. The molecule has 1 aliphatic carbocycles. The Morgan fingerprint density at radius 2 is 2.19 bits per heavy atom. The maximum absolute atomic E-state index is 5.98. The second kappa shape index (κ2) is 5.80. The van der Waals surface area contributed by atoms with Crippen LogP contribution in [0.25, 0.3) is 0 Å². The van der Waals surface area contributed by atoms with Crippen LogP contribution >= 0.6 is 15.9 Å². The Bertz CT molecular complexity index is 338. The zero-order valence-electron chi connectivity index (χ0n) is 9.58. The number of likely N-dealkylation sites (N-methyl/N-ethyl adjacent to an activating group) is 1. The molecule has 1 saturated carbocycles. The Hall–Kier alpha value is -0.380. The Labute approximate surface area is 106 Å². The van der Waals surface area contributed by atoms with Crippen LogP contribution in [0.15, 0.2) is 28.7 Å². The summed E-state index contributed by atoms with van der Waals surface area (Å²) < 4.78 is 7.11. The van der Waals surface area contributed by atoms with Crippen LogP contribution in [0.5, 0.6) is 0 Å². The van der Waals surface area contributed by atoms with Gasteiger partial charge in [-0.05, 0) is 37.4 Å². The predicted molar refractivity (Wildman–Crippen MR) is 69.5 cm³/mol. The zero-order chi connectivity index (χ0) is 11.4. The van der Waals surface area contributed by atoms with Gasteiger partial charge in [0.25, 0.3) is 0 Å². The van der Waals surface area contributed by atoms with E-state index in [1.165, 1.54) is 18.4 Å². The fourth-order valence-corrected chi connectivity index (χ4v) is 2.26. The molecule has 0 heterocycles. The van der Waals surface area contributed by atoms with E-state index in [9.17, 15) is 0 Å². The smallest absolute Gasteiger partial charge is 0.0960 e. The lowest BCUT2D eigenvalue weighted by molar-refractivity contribution is 0.0460. The van der Waals surface area contributed by atoms with Crippen LogP contribution in [-0.2, 0) is 4.74 Å². The van der Waals surface area contributed by atoms with Crippen molar-refractivity contribution in [3.05, 3.63) is 34.3 Å². The van der Waals surface area contributed by atoms with Gasteiger partial charge in [-0.25, -0.2) is 0 Å². The van der Waals surface area contributed by atoms with Crippen LogP contribution < -0.4 is 5.32 Å². The summed E-state index contributed by atoms with van der Waals surface area (Å²) in [6.07, 6.45) is 2.82. The van der Waals surface area contributed by atoms with E-state index in [-0.39, 0.29) is 6.10 Å². The van der Waals surface area contributed by atoms with Crippen molar-refractivity contribution in [1.29, 1.82) is 0 Å². The first-order chi connectivity index (χ1) is 7.81. The molecule has 3 heteroatoms. The number of halogens is 1. The summed E-state index contributed by atoms with van der Waals surface area (Å²) in [5, 5.41) is 3.19. The van der Waals surface area contributed by atoms with E-state index in [2.05, 4.69) is 39.4 Å². The van der Waals surface area contributed by atoms with Crippen molar-refractivity contribution in [3.63, 3.8) is 0 Å². The first-order valence-electron chi connectivity index (χ1n) is 5.82. The van der Waals surface area contributed by atoms with Crippen LogP contribution in [-0.4, -0.2) is 20.2 Å². The van der Waals surface area contributed by atoms with Crippen molar-refractivity contribution in [1.82, 2.24) is 5.32 Å². The van der Waals surface area contributed by atoms with Crippen LogP contribution in [0.2, 0.25) is 0 Å². The summed E-state index contributed by atoms with van der Waals surface area (Å²) in [5.74, 6) is 0.807.